The van der Waals surface area contributed by atoms with Gasteiger partial charge in [-0.05, 0) is 99.8 Å². The predicted octanol–water partition coefficient (Wildman–Crippen LogP) is 17.3. The Morgan fingerprint density at radius 3 is 2.00 bits per heavy atom. The van der Waals surface area contributed by atoms with Crippen LogP contribution in [0.3, 0.4) is 0 Å². The van der Waals surface area contributed by atoms with Gasteiger partial charge >= 0.3 is 6.18 Å². The van der Waals surface area contributed by atoms with Gasteiger partial charge in [0.05, 0.1) is 41.7 Å². The Morgan fingerprint density at radius 1 is 0.671 bits per heavy atom. The molecule has 373 valence electrons. The standard InChI is InChI=1S/C42H38F3N2O.C20H19N2OSi.Ir/c1-24(2)31-22-28(42(43,44)45)23-32(25(3)4)38(31)47-35-16-12-11-15-34(35)46-40(47)30-19-20-33(41(5,6)7)37-29-18-17-27(21-36(29)48-39(30)37)26-13-9-8-10-14-26;1-13-8-10-16-15-6-5-7-17(19(15)23-20(16)22-13)18-11-9-14(12-21-18)24(2,3)4;/h8-18,20-25H,1-7H3;5-6,8-12H,1-4H3;/q2*-1;. The predicted molar refractivity (Wildman–Crippen MR) is 291 cm³/mol. The number of rotatable bonds is 7. The second-order valence-corrected chi connectivity index (χ2v) is 26.5. The molecule has 6 aromatic carbocycles. The Kier molecular flexibility index (Phi) is 13.6. The number of nitrogens with zero attached hydrogens (tertiary/aromatic N) is 4. The molecule has 0 unspecified atom stereocenters. The van der Waals surface area contributed by atoms with Crippen molar-refractivity contribution in [3.05, 3.63) is 174 Å². The Labute approximate surface area is 439 Å². The monoisotopic (exact) mass is 1170 g/mol. The molecule has 6 nitrogen and oxygen atoms in total. The molecule has 1 radical (unpaired) electrons. The van der Waals surface area contributed by atoms with Crippen LogP contribution in [0.2, 0.25) is 19.6 Å². The van der Waals surface area contributed by atoms with Gasteiger partial charge in [0.25, 0.3) is 0 Å². The molecule has 0 aliphatic carbocycles. The van der Waals surface area contributed by atoms with Gasteiger partial charge in [-0.15, -0.1) is 35.9 Å². The van der Waals surface area contributed by atoms with E-state index in [1.807, 2.05) is 112 Å². The minimum absolute atomic E-state index is 0. The summed E-state index contributed by atoms with van der Waals surface area (Å²) in [6.07, 6.45) is -2.47. The van der Waals surface area contributed by atoms with Crippen LogP contribution >= 0.6 is 0 Å². The van der Waals surface area contributed by atoms with Crippen LogP contribution in [0.25, 0.3) is 94.5 Å². The smallest absolute Gasteiger partial charge is 0.416 e. The number of fused-ring (bicyclic) bond motifs is 7. The van der Waals surface area contributed by atoms with Crippen LogP contribution in [0.5, 0.6) is 0 Å². The number of benzene rings is 6. The number of hydrogen-bond donors (Lipinski definition) is 0. The Bertz CT molecular complexity index is 3810. The molecule has 0 atom stereocenters. The Hall–Kier alpha value is -6.65. The number of alkyl halides is 3. The average molecular weight is 1170 g/mol. The van der Waals surface area contributed by atoms with Crippen molar-refractivity contribution < 1.29 is 42.1 Å². The molecule has 0 aliphatic heterocycles. The van der Waals surface area contributed by atoms with Crippen LogP contribution in [0.4, 0.5) is 13.2 Å². The number of hydrogen-bond acceptors (Lipinski definition) is 5. The van der Waals surface area contributed by atoms with Gasteiger partial charge in [-0.2, -0.15) is 13.2 Å². The SMILES string of the molecule is CC(C)c1cc(C(F)(F)F)cc(C(C)C)c1-n1c(-c2[c-]cc(C(C)(C)C)c3c2oc2cc(-c4ccccc4)ccc23)nc2ccccc21.Cc1ccc2c(n1)oc1c(-c3ccc([Si](C)(C)C)cn3)[c-]ccc12.[Ir]. The minimum Gasteiger partial charge on any atom is -0.501 e. The molecular weight excluding hydrogens is 1110 g/mol. The molecule has 11 heteroatoms. The third kappa shape index (κ3) is 9.59. The molecule has 11 aromatic rings. The molecule has 0 spiro atoms. The molecular formula is C62H57F3IrN4O2Si-2. The number of furan rings is 2. The molecule has 0 saturated heterocycles. The van der Waals surface area contributed by atoms with E-state index in [0.717, 1.165) is 83.1 Å². The normalized spacial score (nSPS) is 12.4. The molecule has 0 N–H and O–H groups in total. The van der Waals surface area contributed by atoms with Crippen LogP contribution < -0.4 is 5.19 Å². The summed E-state index contributed by atoms with van der Waals surface area (Å²) in [6, 6.07) is 48.1. The minimum atomic E-state index is -4.47. The number of pyridine rings is 2. The number of halogens is 3. The third-order valence-electron chi connectivity index (χ3n) is 13.5. The molecule has 11 rings (SSSR count). The molecule has 0 aliphatic rings. The van der Waals surface area contributed by atoms with Crippen molar-refractivity contribution in [1.82, 2.24) is 19.5 Å². The van der Waals surface area contributed by atoms with Crippen molar-refractivity contribution in [1.29, 1.82) is 0 Å². The van der Waals surface area contributed by atoms with Crippen molar-refractivity contribution in [2.24, 2.45) is 0 Å². The van der Waals surface area contributed by atoms with Crippen LogP contribution in [0.15, 0.2) is 142 Å². The average Bonchev–Trinajstić information content (AvgIpc) is 4.04. The number of imidazole rings is 1. The molecule has 0 fully saturated rings. The molecule has 5 aromatic heterocycles. The van der Waals surface area contributed by atoms with Crippen LogP contribution in [-0.4, -0.2) is 27.6 Å². The van der Waals surface area contributed by atoms with E-state index in [2.05, 4.69) is 111 Å². The molecule has 0 amide bonds. The van der Waals surface area contributed by atoms with Crippen molar-refractivity contribution in [3.8, 4) is 39.5 Å². The molecule has 73 heavy (non-hydrogen) atoms. The van der Waals surface area contributed by atoms with Crippen LogP contribution in [0, 0.1) is 19.1 Å². The van der Waals surface area contributed by atoms with Gasteiger partial charge < -0.3 is 18.4 Å². The van der Waals surface area contributed by atoms with E-state index in [-0.39, 0.29) is 37.4 Å². The first-order valence-corrected chi connectivity index (χ1v) is 28.0. The first-order chi connectivity index (χ1) is 34.2. The molecule has 0 saturated carbocycles. The summed E-state index contributed by atoms with van der Waals surface area (Å²) in [4.78, 5) is 14.3. The van der Waals surface area contributed by atoms with E-state index in [9.17, 15) is 13.2 Å². The van der Waals surface area contributed by atoms with Gasteiger partial charge in [-0.25, -0.2) is 4.98 Å². The second kappa shape index (κ2) is 19.3. The summed E-state index contributed by atoms with van der Waals surface area (Å²) in [7, 11) is -1.35. The Balaban J connectivity index is 0.000000220. The van der Waals surface area contributed by atoms with E-state index in [1.165, 1.54) is 17.3 Å². The fraction of sp³-hybridized carbons (Fsp3) is 0.242. The van der Waals surface area contributed by atoms with Crippen molar-refractivity contribution in [3.63, 3.8) is 0 Å². The number of aromatic nitrogens is 4. The second-order valence-electron chi connectivity index (χ2n) is 21.5. The van der Waals surface area contributed by atoms with Gasteiger partial charge in [-0.3, -0.25) is 4.98 Å². The summed E-state index contributed by atoms with van der Waals surface area (Å²) in [5.41, 5.74) is 12.1. The zero-order chi connectivity index (χ0) is 51.0. The zero-order valence-corrected chi connectivity index (χ0v) is 46.3. The first-order valence-electron chi connectivity index (χ1n) is 24.5. The van der Waals surface area contributed by atoms with E-state index in [4.69, 9.17) is 13.8 Å². The maximum Gasteiger partial charge on any atom is 0.416 e. The largest absolute Gasteiger partial charge is 0.501 e. The third-order valence-corrected chi connectivity index (χ3v) is 15.6. The van der Waals surface area contributed by atoms with Crippen molar-refractivity contribution in [2.75, 3.05) is 0 Å². The van der Waals surface area contributed by atoms with E-state index in [0.29, 0.717) is 33.8 Å². The number of para-hydroxylation sites is 2. The van der Waals surface area contributed by atoms with Gasteiger partial charge in [-0.1, -0.05) is 157 Å². The van der Waals surface area contributed by atoms with Gasteiger partial charge in [0.1, 0.15) is 5.58 Å². The summed E-state index contributed by atoms with van der Waals surface area (Å²) < 4.78 is 57.7. The molecule has 0 bridgehead atoms. The van der Waals surface area contributed by atoms with Gasteiger partial charge in [0.15, 0.2) is 0 Å². The Morgan fingerprint density at radius 2 is 1.36 bits per heavy atom. The first kappa shape index (κ1) is 51.3. The maximum absolute atomic E-state index is 14.3. The van der Waals surface area contributed by atoms with Crippen LogP contribution in [0.1, 0.15) is 88.2 Å². The summed E-state index contributed by atoms with van der Waals surface area (Å²) in [5.74, 6) is 0.194. The fourth-order valence-electron chi connectivity index (χ4n) is 9.68. The van der Waals surface area contributed by atoms with Crippen molar-refractivity contribution >= 4 is 68.3 Å². The maximum atomic E-state index is 14.3. The topological polar surface area (TPSA) is 69.9 Å². The summed E-state index contributed by atoms with van der Waals surface area (Å²) in [6.45, 7) is 23.2. The van der Waals surface area contributed by atoms with E-state index in [1.54, 1.807) is 0 Å². The van der Waals surface area contributed by atoms with Crippen molar-refractivity contribution in [2.45, 2.75) is 98.5 Å². The van der Waals surface area contributed by atoms with E-state index < -0.39 is 19.8 Å². The quantitative estimate of drug-likeness (QED) is 0.117. The zero-order valence-electron chi connectivity index (χ0n) is 42.9. The van der Waals surface area contributed by atoms with Gasteiger partial charge in [0, 0.05) is 48.5 Å². The summed E-state index contributed by atoms with van der Waals surface area (Å²) >= 11 is 0. The van der Waals surface area contributed by atoms with E-state index >= 15 is 0 Å². The summed E-state index contributed by atoms with van der Waals surface area (Å²) in [5, 5.41) is 5.42. The van der Waals surface area contributed by atoms with Crippen LogP contribution in [-0.2, 0) is 31.7 Å². The van der Waals surface area contributed by atoms with Gasteiger partial charge in [0.2, 0.25) is 5.71 Å². The number of aryl methyl sites for hydroxylation is 1. The molecule has 5 heterocycles. The fourth-order valence-corrected chi connectivity index (χ4v) is 10.7.